The third-order valence-electron chi connectivity index (χ3n) is 3.35. The molecule has 112 valence electrons. The predicted molar refractivity (Wildman–Crippen MR) is 82.2 cm³/mol. The van der Waals surface area contributed by atoms with E-state index < -0.39 is 0 Å². The molecule has 0 aliphatic heterocycles. The number of likely N-dealkylation sites (N-methyl/N-ethyl adjacent to an activating group) is 1. The third kappa shape index (κ3) is 5.70. The van der Waals surface area contributed by atoms with Crippen LogP contribution in [0.15, 0.2) is 24.5 Å². The van der Waals surface area contributed by atoms with E-state index in [-0.39, 0.29) is 17.2 Å². The van der Waals surface area contributed by atoms with Crippen LogP contribution in [0.3, 0.4) is 0 Å². The second-order valence-corrected chi connectivity index (χ2v) is 6.56. The highest BCUT2D eigenvalue weighted by atomic mass is 16.2. The summed E-state index contributed by atoms with van der Waals surface area (Å²) in [5.74, 6) is 0.0638. The molecule has 0 bridgehead atoms. The minimum absolute atomic E-state index is 0.0857. The van der Waals surface area contributed by atoms with Gasteiger partial charge in [-0.1, -0.05) is 20.8 Å². The van der Waals surface area contributed by atoms with E-state index in [1.807, 2.05) is 19.2 Å². The molecule has 4 heteroatoms. The largest absolute Gasteiger partial charge is 0.345 e. The fourth-order valence-electron chi connectivity index (χ4n) is 2.28. The molecule has 0 radical (unpaired) electrons. The van der Waals surface area contributed by atoms with Crippen molar-refractivity contribution in [1.82, 2.24) is 9.88 Å². The molecule has 1 heterocycles. The van der Waals surface area contributed by atoms with E-state index in [9.17, 15) is 4.79 Å². The molecule has 1 aromatic heterocycles. The van der Waals surface area contributed by atoms with Crippen molar-refractivity contribution in [2.45, 2.75) is 33.6 Å². The quantitative estimate of drug-likeness (QED) is 0.866. The summed E-state index contributed by atoms with van der Waals surface area (Å²) in [6, 6.07) is 3.96. The van der Waals surface area contributed by atoms with E-state index >= 15 is 0 Å². The molecular formula is C16H27N3O. The standard InChI is InChI=1S/C16H27N3O/c1-16(2,3)11-14(12-17)15(20)19(4)10-7-13-5-8-18-9-6-13/h5-6,8-9,14H,7,10-12,17H2,1-4H3. The number of amides is 1. The molecule has 0 aliphatic carbocycles. The summed E-state index contributed by atoms with van der Waals surface area (Å²) in [6.07, 6.45) is 5.22. The molecule has 0 fully saturated rings. The smallest absolute Gasteiger partial charge is 0.226 e. The van der Waals surface area contributed by atoms with E-state index in [0.717, 1.165) is 12.8 Å². The third-order valence-corrected chi connectivity index (χ3v) is 3.35. The van der Waals surface area contributed by atoms with E-state index in [4.69, 9.17) is 5.73 Å². The van der Waals surface area contributed by atoms with Gasteiger partial charge in [0.05, 0.1) is 5.92 Å². The Kier molecular flexibility index (Phi) is 6.14. The van der Waals surface area contributed by atoms with E-state index in [2.05, 4.69) is 25.8 Å². The average molecular weight is 277 g/mol. The van der Waals surface area contributed by atoms with E-state index in [1.165, 1.54) is 5.56 Å². The van der Waals surface area contributed by atoms with Crippen LogP contribution in [-0.4, -0.2) is 35.9 Å². The normalized spacial score (nSPS) is 13.1. The maximum Gasteiger partial charge on any atom is 0.226 e. The zero-order chi connectivity index (χ0) is 15.2. The zero-order valence-electron chi connectivity index (χ0n) is 13.1. The Morgan fingerprint density at radius 2 is 1.95 bits per heavy atom. The van der Waals surface area contributed by atoms with Gasteiger partial charge in [0.25, 0.3) is 0 Å². The van der Waals surface area contributed by atoms with Crippen LogP contribution < -0.4 is 5.73 Å². The molecule has 1 unspecified atom stereocenters. The number of carbonyl (C=O) groups is 1. The molecule has 20 heavy (non-hydrogen) atoms. The SMILES string of the molecule is CN(CCc1ccncc1)C(=O)C(CN)CC(C)(C)C. The van der Waals surface area contributed by atoms with Crippen LogP contribution in [0.1, 0.15) is 32.8 Å². The Labute approximate surface area is 122 Å². The van der Waals surface area contributed by atoms with Crippen LogP contribution in [0.4, 0.5) is 0 Å². The van der Waals surface area contributed by atoms with Gasteiger partial charge in [-0.2, -0.15) is 0 Å². The summed E-state index contributed by atoms with van der Waals surface area (Å²) in [5, 5.41) is 0. The van der Waals surface area contributed by atoms with Gasteiger partial charge in [0.1, 0.15) is 0 Å². The number of pyridine rings is 1. The van der Waals surface area contributed by atoms with Gasteiger partial charge in [-0.25, -0.2) is 0 Å². The maximum absolute atomic E-state index is 12.4. The molecule has 0 saturated carbocycles. The summed E-state index contributed by atoms with van der Waals surface area (Å²) >= 11 is 0. The van der Waals surface area contributed by atoms with Crippen molar-refractivity contribution in [3.63, 3.8) is 0 Å². The molecule has 2 N–H and O–H groups in total. The summed E-state index contributed by atoms with van der Waals surface area (Å²) in [5.41, 5.74) is 7.08. The van der Waals surface area contributed by atoms with Crippen molar-refractivity contribution in [2.24, 2.45) is 17.1 Å². The number of rotatable bonds is 6. The number of hydrogen-bond acceptors (Lipinski definition) is 3. The molecule has 0 spiro atoms. The first kappa shape index (κ1) is 16.6. The fourth-order valence-corrected chi connectivity index (χ4v) is 2.28. The first-order valence-electron chi connectivity index (χ1n) is 7.17. The summed E-state index contributed by atoms with van der Waals surface area (Å²) in [6.45, 7) is 7.54. The Morgan fingerprint density at radius 1 is 1.35 bits per heavy atom. The maximum atomic E-state index is 12.4. The Hall–Kier alpha value is -1.42. The topological polar surface area (TPSA) is 59.2 Å². The van der Waals surface area contributed by atoms with Crippen LogP contribution in [0.5, 0.6) is 0 Å². The number of nitrogens with zero attached hydrogens (tertiary/aromatic N) is 2. The molecule has 4 nitrogen and oxygen atoms in total. The molecule has 1 aromatic rings. The number of hydrogen-bond donors (Lipinski definition) is 1. The number of nitrogens with two attached hydrogens (primary N) is 1. The first-order chi connectivity index (χ1) is 9.33. The van der Waals surface area contributed by atoms with Crippen molar-refractivity contribution in [3.05, 3.63) is 30.1 Å². The van der Waals surface area contributed by atoms with Gasteiger partial charge in [-0.3, -0.25) is 9.78 Å². The predicted octanol–water partition coefficient (Wildman–Crippen LogP) is 2.09. The molecule has 0 saturated heterocycles. The monoisotopic (exact) mass is 277 g/mol. The minimum Gasteiger partial charge on any atom is -0.345 e. The van der Waals surface area contributed by atoms with Gasteiger partial charge in [0.2, 0.25) is 5.91 Å². The molecule has 1 rings (SSSR count). The zero-order valence-corrected chi connectivity index (χ0v) is 13.1. The summed E-state index contributed by atoms with van der Waals surface area (Å²) in [4.78, 5) is 18.2. The van der Waals surface area contributed by atoms with Crippen molar-refractivity contribution >= 4 is 5.91 Å². The van der Waals surface area contributed by atoms with Gasteiger partial charge >= 0.3 is 0 Å². The van der Waals surface area contributed by atoms with Crippen LogP contribution in [0.2, 0.25) is 0 Å². The Morgan fingerprint density at radius 3 is 2.45 bits per heavy atom. The minimum atomic E-state index is -0.0857. The second-order valence-electron chi connectivity index (χ2n) is 6.56. The lowest BCUT2D eigenvalue weighted by Gasteiger charge is -2.28. The molecular weight excluding hydrogens is 250 g/mol. The van der Waals surface area contributed by atoms with Crippen LogP contribution in [0, 0.1) is 11.3 Å². The molecule has 1 atom stereocenters. The molecule has 1 amide bonds. The van der Waals surface area contributed by atoms with Gasteiger partial charge in [-0.15, -0.1) is 0 Å². The van der Waals surface area contributed by atoms with E-state index in [1.54, 1.807) is 17.3 Å². The van der Waals surface area contributed by atoms with Crippen LogP contribution in [0.25, 0.3) is 0 Å². The van der Waals surface area contributed by atoms with Gasteiger partial charge in [0.15, 0.2) is 0 Å². The van der Waals surface area contributed by atoms with Crippen molar-refractivity contribution < 1.29 is 4.79 Å². The van der Waals surface area contributed by atoms with Crippen molar-refractivity contribution in [3.8, 4) is 0 Å². The Bertz CT molecular complexity index is 411. The number of aromatic nitrogens is 1. The Balaban J connectivity index is 2.52. The van der Waals surface area contributed by atoms with Gasteiger partial charge < -0.3 is 10.6 Å². The summed E-state index contributed by atoms with van der Waals surface area (Å²) < 4.78 is 0. The highest BCUT2D eigenvalue weighted by molar-refractivity contribution is 5.78. The highest BCUT2D eigenvalue weighted by Gasteiger charge is 2.25. The second kappa shape index (κ2) is 7.39. The lowest BCUT2D eigenvalue weighted by molar-refractivity contribution is -0.134. The average Bonchev–Trinajstić information content (AvgIpc) is 2.41. The molecule has 0 aromatic carbocycles. The fraction of sp³-hybridized carbons (Fsp3) is 0.625. The summed E-state index contributed by atoms with van der Waals surface area (Å²) in [7, 11) is 1.86. The van der Waals surface area contributed by atoms with Crippen LogP contribution >= 0.6 is 0 Å². The lowest BCUT2D eigenvalue weighted by Crippen LogP contribution is -2.39. The van der Waals surface area contributed by atoms with E-state index in [0.29, 0.717) is 13.1 Å². The van der Waals surface area contributed by atoms with Crippen LogP contribution in [-0.2, 0) is 11.2 Å². The molecule has 0 aliphatic rings. The lowest BCUT2D eigenvalue weighted by atomic mass is 9.84. The van der Waals surface area contributed by atoms with Gasteiger partial charge in [0, 0.05) is 32.5 Å². The number of carbonyl (C=O) groups excluding carboxylic acids is 1. The van der Waals surface area contributed by atoms with Gasteiger partial charge in [-0.05, 0) is 36.0 Å². The first-order valence-corrected chi connectivity index (χ1v) is 7.17. The highest BCUT2D eigenvalue weighted by Crippen LogP contribution is 2.25. The van der Waals surface area contributed by atoms with Crippen molar-refractivity contribution in [1.29, 1.82) is 0 Å². The van der Waals surface area contributed by atoms with Crippen molar-refractivity contribution in [2.75, 3.05) is 20.1 Å².